The summed E-state index contributed by atoms with van der Waals surface area (Å²) in [5, 5.41) is 24.5. The number of benzene rings is 2. The number of fused-ring (bicyclic) bond motifs is 1. The fourth-order valence-electron chi connectivity index (χ4n) is 7.30. The molecule has 0 aliphatic rings. The maximum atomic E-state index is 13.5. The predicted octanol–water partition coefficient (Wildman–Crippen LogP) is 10.5. The van der Waals surface area contributed by atoms with Crippen LogP contribution >= 0.6 is 22.7 Å². The fraction of sp³-hybridized carbons (Fsp3) is 0.250. The summed E-state index contributed by atoms with van der Waals surface area (Å²) in [5.74, 6) is -1.96. The van der Waals surface area contributed by atoms with E-state index >= 15 is 0 Å². The SMILES string of the molecule is CCOC(=O)CCCCCOC(=O)c1c(-c2ccsc2)nn(CC)c(=O)c1Nc1cnccc1C.CCn1nc(-c2ccsc2)c(C(=O)OCc2ccc(F)cc2)c(Nc2cncc3ccccc23)c1=O. The molecule has 0 aliphatic carbocycles. The van der Waals surface area contributed by atoms with E-state index in [2.05, 4.69) is 30.8 Å². The third-order valence-corrected chi connectivity index (χ3v) is 12.3. The number of ether oxygens (including phenoxy) is 3. The molecular weight excluding hydrogens is 948 g/mol. The molecule has 0 radical (unpaired) electrons. The van der Waals surface area contributed by atoms with Gasteiger partial charge in [-0.05, 0) is 99.2 Å². The van der Waals surface area contributed by atoms with Crippen molar-refractivity contribution in [1.82, 2.24) is 29.5 Å². The second-order valence-corrected chi connectivity index (χ2v) is 17.3. The Labute approximate surface area is 416 Å². The molecule has 2 N–H and O–H groups in total. The van der Waals surface area contributed by atoms with Crippen LogP contribution in [-0.4, -0.2) is 60.7 Å². The lowest BCUT2D eigenvalue weighted by atomic mass is 10.1. The van der Waals surface area contributed by atoms with Gasteiger partial charge in [-0.15, -0.1) is 0 Å². The van der Waals surface area contributed by atoms with Crippen LogP contribution in [0.4, 0.5) is 27.1 Å². The van der Waals surface area contributed by atoms with Crippen LogP contribution in [0, 0.1) is 12.7 Å². The van der Waals surface area contributed by atoms with Crippen LogP contribution in [0.3, 0.4) is 0 Å². The van der Waals surface area contributed by atoms with Crippen molar-refractivity contribution in [3.63, 3.8) is 0 Å². The van der Waals surface area contributed by atoms with E-state index < -0.39 is 23.1 Å². The lowest BCUT2D eigenvalue weighted by Gasteiger charge is -2.17. The van der Waals surface area contributed by atoms with Gasteiger partial charge in [-0.25, -0.2) is 23.3 Å². The molecule has 0 bridgehead atoms. The van der Waals surface area contributed by atoms with Crippen molar-refractivity contribution in [2.45, 2.75) is 73.1 Å². The molecule has 71 heavy (non-hydrogen) atoms. The Morgan fingerprint density at radius 2 is 1.28 bits per heavy atom. The number of esters is 3. The Balaban J connectivity index is 0.000000209. The summed E-state index contributed by atoms with van der Waals surface area (Å²) in [6.07, 6.45) is 8.88. The van der Waals surface area contributed by atoms with Crippen LogP contribution in [0.5, 0.6) is 0 Å². The van der Waals surface area contributed by atoms with Gasteiger partial charge in [0.2, 0.25) is 0 Å². The highest BCUT2D eigenvalue weighted by Gasteiger charge is 2.28. The molecule has 366 valence electrons. The van der Waals surface area contributed by atoms with Crippen LogP contribution in [0.15, 0.2) is 123 Å². The third-order valence-electron chi connectivity index (χ3n) is 11.0. The van der Waals surface area contributed by atoms with E-state index in [1.165, 1.54) is 56.3 Å². The zero-order chi connectivity index (χ0) is 50.3. The molecule has 0 saturated heterocycles. The number of nitrogens with zero attached hydrogens (tertiary/aromatic N) is 6. The van der Waals surface area contributed by atoms with Gasteiger partial charge in [0.25, 0.3) is 11.1 Å². The number of hydrogen-bond acceptors (Lipinski definition) is 16. The minimum Gasteiger partial charge on any atom is -0.466 e. The smallest absolute Gasteiger partial charge is 0.343 e. The molecule has 6 heterocycles. The first-order chi connectivity index (χ1) is 34.5. The number of thiophene rings is 2. The number of halogens is 1. The summed E-state index contributed by atoms with van der Waals surface area (Å²) in [5.41, 5.74) is 4.19. The monoisotopic (exact) mass is 998 g/mol. The highest BCUT2D eigenvalue weighted by Crippen LogP contribution is 2.33. The maximum absolute atomic E-state index is 13.5. The molecule has 0 aliphatic heterocycles. The van der Waals surface area contributed by atoms with Crippen molar-refractivity contribution >= 4 is 74.1 Å². The number of pyridine rings is 2. The Morgan fingerprint density at radius 1 is 0.676 bits per heavy atom. The molecule has 8 aromatic rings. The molecule has 0 amide bonds. The van der Waals surface area contributed by atoms with Gasteiger partial charge >= 0.3 is 17.9 Å². The lowest BCUT2D eigenvalue weighted by Crippen LogP contribution is -2.29. The highest BCUT2D eigenvalue weighted by molar-refractivity contribution is 7.08. The minimum atomic E-state index is -0.718. The number of anilines is 4. The highest BCUT2D eigenvalue weighted by atomic mass is 32.1. The first-order valence-corrected chi connectivity index (χ1v) is 24.8. The summed E-state index contributed by atoms with van der Waals surface area (Å²) in [7, 11) is 0. The van der Waals surface area contributed by atoms with Gasteiger partial charge in [-0.1, -0.05) is 36.4 Å². The van der Waals surface area contributed by atoms with Gasteiger partial charge in [0, 0.05) is 64.6 Å². The van der Waals surface area contributed by atoms with Gasteiger partial charge in [0.1, 0.15) is 46.3 Å². The number of aromatic nitrogens is 6. The summed E-state index contributed by atoms with van der Waals surface area (Å²) in [6.45, 7) is 8.37. The third kappa shape index (κ3) is 12.7. The molecule has 16 nitrogen and oxygen atoms in total. The van der Waals surface area contributed by atoms with Crippen LogP contribution in [0.1, 0.15) is 78.3 Å². The summed E-state index contributed by atoms with van der Waals surface area (Å²) in [6, 6.07) is 18.8. The average Bonchev–Trinajstić information content (AvgIpc) is 4.13. The van der Waals surface area contributed by atoms with Crippen molar-refractivity contribution in [2.24, 2.45) is 0 Å². The van der Waals surface area contributed by atoms with E-state index in [0.29, 0.717) is 79.3 Å². The second kappa shape index (κ2) is 24.6. The zero-order valence-corrected chi connectivity index (χ0v) is 41.1. The number of unbranched alkanes of at least 4 members (excludes halogenated alkanes) is 2. The van der Waals surface area contributed by atoms with E-state index in [9.17, 15) is 28.4 Å². The standard InChI is InChI=1S/C27H21FN4O3S.C25H30N4O5S/c1-2-32-26(33)25(30-22-14-29-13-18-5-3-4-6-21(18)22)23(24(31-32)19-11-12-36-16-19)27(34)35-15-17-7-9-20(28)10-8-17;1-4-29-24(31)23(27-19-15-26-12-10-17(19)3)21(22(28-29)18-11-14-35-16-18)25(32)34-13-8-6-7-9-20(30)33-5-2/h3-14,16,30H,2,15H2,1H3;10-12,14-16,27H,4-9,13H2,1-3H3. The first-order valence-electron chi connectivity index (χ1n) is 22.9. The van der Waals surface area contributed by atoms with E-state index in [4.69, 9.17) is 14.2 Å². The van der Waals surface area contributed by atoms with E-state index in [1.807, 2.05) is 84.8 Å². The molecule has 0 spiro atoms. The average molecular weight is 999 g/mol. The zero-order valence-electron chi connectivity index (χ0n) is 39.5. The van der Waals surface area contributed by atoms with Gasteiger partial charge in [-0.3, -0.25) is 24.4 Å². The summed E-state index contributed by atoms with van der Waals surface area (Å²) >= 11 is 2.92. The second-order valence-electron chi connectivity index (χ2n) is 15.8. The molecular formula is C52H51FN8O8S2. The number of aryl methyl sites for hydroxylation is 3. The molecule has 0 fully saturated rings. The van der Waals surface area contributed by atoms with E-state index in [1.54, 1.807) is 31.7 Å². The van der Waals surface area contributed by atoms with Crippen molar-refractivity contribution in [3.8, 4) is 22.5 Å². The molecule has 2 aromatic carbocycles. The molecule has 0 atom stereocenters. The van der Waals surface area contributed by atoms with Crippen LogP contribution in [0.2, 0.25) is 0 Å². The predicted molar refractivity (Wildman–Crippen MR) is 273 cm³/mol. The normalized spacial score (nSPS) is 10.8. The Hall–Kier alpha value is -7.90. The number of carbonyl (C=O) groups excluding carboxylic acids is 3. The van der Waals surface area contributed by atoms with E-state index in [-0.39, 0.29) is 47.5 Å². The van der Waals surface area contributed by atoms with Gasteiger partial charge in [0.15, 0.2) is 0 Å². The van der Waals surface area contributed by atoms with Gasteiger partial charge in [0.05, 0.1) is 37.0 Å². The molecule has 0 saturated carbocycles. The Kier molecular flexibility index (Phi) is 17.6. The van der Waals surface area contributed by atoms with Crippen LogP contribution in [-0.2, 0) is 38.7 Å². The molecule has 8 rings (SSSR count). The van der Waals surface area contributed by atoms with Crippen LogP contribution in [0.25, 0.3) is 33.3 Å². The van der Waals surface area contributed by atoms with Crippen LogP contribution < -0.4 is 21.8 Å². The number of rotatable bonds is 19. The minimum absolute atomic E-state index is 0.0261. The van der Waals surface area contributed by atoms with Crippen molar-refractivity contribution in [3.05, 3.63) is 162 Å². The van der Waals surface area contributed by atoms with Crippen molar-refractivity contribution in [1.29, 1.82) is 0 Å². The number of nitrogens with one attached hydrogen (secondary N) is 2. The van der Waals surface area contributed by atoms with Crippen molar-refractivity contribution in [2.75, 3.05) is 23.8 Å². The molecule has 19 heteroatoms. The number of hydrogen-bond donors (Lipinski definition) is 2. The Morgan fingerprint density at radius 3 is 1.87 bits per heavy atom. The summed E-state index contributed by atoms with van der Waals surface area (Å²) in [4.78, 5) is 73.4. The molecule has 0 unspecified atom stereocenters. The number of carbonyl (C=O) groups is 3. The van der Waals surface area contributed by atoms with Crippen molar-refractivity contribution < 1.29 is 33.0 Å². The topological polar surface area (TPSA) is 199 Å². The Bertz CT molecular complexity index is 3230. The van der Waals surface area contributed by atoms with E-state index in [0.717, 1.165) is 21.9 Å². The molecule has 6 aromatic heterocycles. The largest absolute Gasteiger partial charge is 0.466 e. The lowest BCUT2D eigenvalue weighted by molar-refractivity contribution is -0.143. The van der Waals surface area contributed by atoms with Gasteiger partial charge < -0.3 is 24.8 Å². The quantitative estimate of drug-likeness (QED) is 0.0440. The maximum Gasteiger partial charge on any atom is 0.343 e. The summed E-state index contributed by atoms with van der Waals surface area (Å²) < 4.78 is 32.0. The van der Waals surface area contributed by atoms with Gasteiger partial charge in [-0.2, -0.15) is 32.9 Å². The fourth-order valence-corrected chi connectivity index (χ4v) is 8.58. The first kappa shape index (κ1) is 51.0.